The zero-order valence-corrected chi connectivity index (χ0v) is 16.3. The van der Waals surface area contributed by atoms with Crippen LogP contribution in [-0.4, -0.2) is 21.6 Å². The van der Waals surface area contributed by atoms with Gasteiger partial charge in [-0.25, -0.2) is 4.79 Å². The number of hydrogen-bond acceptors (Lipinski definition) is 7. The fourth-order valence-electron chi connectivity index (χ4n) is 2.91. The van der Waals surface area contributed by atoms with Crippen molar-refractivity contribution in [2.45, 2.75) is 13.0 Å². The molecule has 0 aliphatic heterocycles. The molecule has 0 N–H and O–H groups in total. The number of rotatable bonds is 7. The van der Waals surface area contributed by atoms with Gasteiger partial charge < -0.3 is 4.74 Å². The predicted molar refractivity (Wildman–Crippen MR) is 110 cm³/mol. The van der Waals surface area contributed by atoms with Crippen LogP contribution in [0.25, 0.3) is 0 Å². The van der Waals surface area contributed by atoms with Gasteiger partial charge in [0, 0.05) is 34.9 Å². The summed E-state index contributed by atoms with van der Waals surface area (Å²) < 4.78 is 5.43. The highest BCUT2D eigenvalue weighted by Crippen LogP contribution is 2.27. The fourth-order valence-corrected chi connectivity index (χ4v) is 2.91. The number of ether oxygens (including phenoxy) is 1. The molecular weight excluding hydrogens is 404 g/mol. The largest absolute Gasteiger partial charge is 0.445 e. The zero-order valence-electron chi connectivity index (χ0n) is 16.3. The van der Waals surface area contributed by atoms with Gasteiger partial charge in [-0.1, -0.05) is 36.4 Å². The molecule has 0 aromatic heterocycles. The number of nitro benzene ring substituents is 2. The monoisotopic (exact) mass is 420 g/mol. The number of carbonyl (C=O) groups excluding carboxylic acids is 2. The van der Waals surface area contributed by atoms with E-state index >= 15 is 0 Å². The molecule has 1 atom stereocenters. The Morgan fingerprint density at radius 3 is 2.06 bits per heavy atom. The standard InChI is InChI=1S/C22H16N2O7/c1-14-7-8-17(13-19(14)24(29)30)22(26)31-21(20(25)15-5-3-2-4-6-15)16-9-11-18(12-10-16)23(27)28/h2-13,21H,1H3/t21-/m1/s1. The maximum absolute atomic E-state index is 13.0. The number of benzene rings is 3. The quantitative estimate of drug-likeness (QED) is 0.236. The highest BCUT2D eigenvalue weighted by atomic mass is 16.6. The van der Waals surface area contributed by atoms with Gasteiger partial charge in [-0.2, -0.15) is 0 Å². The molecule has 0 saturated heterocycles. The minimum atomic E-state index is -1.39. The first-order valence-electron chi connectivity index (χ1n) is 9.07. The summed E-state index contributed by atoms with van der Waals surface area (Å²) in [4.78, 5) is 46.6. The van der Waals surface area contributed by atoms with Crippen LogP contribution >= 0.6 is 0 Å². The van der Waals surface area contributed by atoms with Crippen LogP contribution in [0.4, 0.5) is 11.4 Å². The van der Waals surface area contributed by atoms with Crippen LogP contribution in [-0.2, 0) is 4.74 Å². The molecule has 0 aliphatic carbocycles. The highest BCUT2D eigenvalue weighted by Gasteiger charge is 2.28. The number of nitro groups is 2. The summed E-state index contributed by atoms with van der Waals surface area (Å²) in [6.45, 7) is 1.53. The number of nitrogens with zero attached hydrogens (tertiary/aromatic N) is 2. The zero-order chi connectivity index (χ0) is 22.5. The van der Waals surface area contributed by atoms with Crippen molar-refractivity contribution in [2.24, 2.45) is 0 Å². The third-order valence-electron chi connectivity index (χ3n) is 4.57. The number of non-ortho nitro benzene ring substituents is 1. The highest BCUT2D eigenvalue weighted by molar-refractivity contribution is 6.02. The summed E-state index contributed by atoms with van der Waals surface area (Å²) in [5.41, 5.74) is 0.340. The second kappa shape index (κ2) is 8.95. The lowest BCUT2D eigenvalue weighted by molar-refractivity contribution is -0.385. The Morgan fingerprint density at radius 2 is 1.48 bits per heavy atom. The van der Waals surface area contributed by atoms with Gasteiger partial charge in [0.15, 0.2) is 6.10 Å². The van der Waals surface area contributed by atoms with E-state index in [0.717, 1.165) is 6.07 Å². The molecule has 156 valence electrons. The maximum atomic E-state index is 13.0. The Balaban J connectivity index is 1.97. The van der Waals surface area contributed by atoms with Crippen molar-refractivity contribution in [3.63, 3.8) is 0 Å². The molecule has 0 fully saturated rings. The van der Waals surface area contributed by atoms with E-state index in [2.05, 4.69) is 0 Å². The SMILES string of the molecule is Cc1ccc(C(=O)O[C@@H](C(=O)c2ccccc2)c2ccc([N+](=O)[O-])cc2)cc1[N+](=O)[O-]. The van der Waals surface area contributed by atoms with Crippen molar-refractivity contribution < 1.29 is 24.2 Å². The minimum absolute atomic E-state index is 0.0925. The molecule has 3 aromatic carbocycles. The van der Waals surface area contributed by atoms with E-state index in [1.54, 1.807) is 30.3 Å². The molecule has 0 radical (unpaired) electrons. The molecule has 3 rings (SSSR count). The molecule has 9 heteroatoms. The van der Waals surface area contributed by atoms with Gasteiger partial charge in [0.05, 0.1) is 15.4 Å². The summed E-state index contributed by atoms with van der Waals surface area (Å²) >= 11 is 0. The van der Waals surface area contributed by atoms with Gasteiger partial charge in [-0.15, -0.1) is 0 Å². The molecular formula is C22H16N2O7. The third kappa shape index (κ3) is 4.78. The lowest BCUT2D eigenvalue weighted by Gasteiger charge is -2.17. The average Bonchev–Trinajstić information content (AvgIpc) is 2.77. The normalized spacial score (nSPS) is 11.4. The molecule has 0 heterocycles. The molecule has 9 nitrogen and oxygen atoms in total. The van der Waals surface area contributed by atoms with Crippen molar-refractivity contribution in [2.75, 3.05) is 0 Å². The van der Waals surface area contributed by atoms with Gasteiger partial charge in [0.2, 0.25) is 5.78 Å². The summed E-state index contributed by atoms with van der Waals surface area (Å²) in [7, 11) is 0. The van der Waals surface area contributed by atoms with Gasteiger partial charge in [0.1, 0.15) is 0 Å². The molecule has 0 unspecified atom stereocenters. The average molecular weight is 420 g/mol. The number of hydrogen-bond donors (Lipinski definition) is 0. The van der Waals surface area contributed by atoms with Crippen molar-refractivity contribution in [3.8, 4) is 0 Å². The lowest BCUT2D eigenvalue weighted by Crippen LogP contribution is -2.20. The Labute approximate surface area is 176 Å². The summed E-state index contributed by atoms with van der Waals surface area (Å²) in [6.07, 6.45) is -1.39. The first kappa shape index (κ1) is 21.3. The van der Waals surface area contributed by atoms with E-state index in [4.69, 9.17) is 4.74 Å². The number of aryl methyl sites for hydroxylation is 1. The summed E-state index contributed by atoms with van der Waals surface area (Å²) in [6, 6.07) is 17.0. The molecule has 0 aliphatic rings. The molecule has 0 amide bonds. The molecule has 0 spiro atoms. The Hall–Kier alpha value is -4.40. The van der Waals surface area contributed by atoms with Crippen molar-refractivity contribution in [3.05, 3.63) is 115 Å². The smallest absolute Gasteiger partial charge is 0.339 e. The van der Waals surface area contributed by atoms with Crippen molar-refractivity contribution in [1.82, 2.24) is 0 Å². The predicted octanol–water partition coefficient (Wildman–Crippen LogP) is 4.59. The second-order valence-corrected chi connectivity index (χ2v) is 6.62. The van der Waals surface area contributed by atoms with Gasteiger partial charge in [0.25, 0.3) is 11.4 Å². The number of esters is 1. The molecule has 0 saturated carbocycles. The fraction of sp³-hybridized carbons (Fsp3) is 0.0909. The van der Waals surface area contributed by atoms with E-state index in [9.17, 15) is 29.8 Å². The summed E-state index contributed by atoms with van der Waals surface area (Å²) in [5.74, 6) is -1.47. The maximum Gasteiger partial charge on any atom is 0.339 e. The van der Waals surface area contributed by atoms with Crippen molar-refractivity contribution in [1.29, 1.82) is 0 Å². The Bertz CT molecular complexity index is 1160. The van der Waals surface area contributed by atoms with Crippen LogP contribution in [0.3, 0.4) is 0 Å². The first-order valence-corrected chi connectivity index (χ1v) is 9.07. The van der Waals surface area contributed by atoms with Crippen LogP contribution in [0.2, 0.25) is 0 Å². The van der Waals surface area contributed by atoms with Crippen LogP contribution in [0.15, 0.2) is 72.8 Å². The number of carbonyl (C=O) groups is 2. The van der Waals surface area contributed by atoms with Crippen LogP contribution in [0.1, 0.15) is 37.9 Å². The van der Waals surface area contributed by atoms with Crippen LogP contribution in [0.5, 0.6) is 0 Å². The Morgan fingerprint density at radius 1 is 0.839 bits per heavy atom. The van der Waals surface area contributed by atoms with Gasteiger partial charge >= 0.3 is 5.97 Å². The van der Waals surface area contributed by atoms with Gasteiger partial charge in [-0.3, -0.25) is 25.0 Å². The first-order chi connectivity index (χ1) is 14.8. The van der Waals surface area contributed by atoms with Crippen LogP contribution in [0, 0.1) is 27.2 Å². The number of ketones is 1. The van der Waals surface area contributed by atoms with E-state index < -0.39 is 27.7 Å². The van der Waals surface area contributed by atoms with E-state index in [1.807, 2.05) is 0 Å². The minimum Gasteiger partial charge on any atom is -0.445 e. The van der Waals surface area contributed by atoms with E-state index in [-0.39, 0.29) is 28.1 Å². The topological polar surface area (TPSA) is 130 Å². The molecule has 31 heavy (non-hydrogen) atoms. The van der Waals surface area contributed by atoms with E-state index in [0.29, 0.717) is 5.56 Å². The Kier molecular flexibility index (Phi) is 6.15. The molecule has 3 aromatic rings. The third-order valence-corrected chi connectivity index (χ3v) is 4.57. The lowest BCUT2D eigenvalue weighted by atomic mass is 9.99. The van der Waals surface area contributed by atoms with Crippen LogP contribution < -0.4 is 0 Å². The molecule has 0 bridgehead atoms. The number of Topliss-reactive ketones (excluding diaryl/α,β-unsaturated/α-hetero) is 1. The summed E-state index contributed by atoms with van der Waals surface area (Å²) in [5, 5.41) is 22.1. The van der Waals surface area contributed by atoms with E-state index in [1.165, 1.54) is 43.3 Å². The van der Waals surface area contributed by atoms with Gasteiger partial charge in [-0.05, 0) is 25.1 Å². The second-order valence-electron chi connectivity index (χ2n) is 6.62. The van der Waals surface area contributed by atoms with Crippen molar-refractivity contribution >= 4 is 23.1 Å².